The molecular weight excluding hydrogens is 356 g/mol. The van der Waals surface area contributed by atoms with Crippen molar-refractivity contribution in [3.05, 3.63) is 60.2 Å². The molecular formula is C22H24N2O2S. The number of anilines is 2. The molecule has 1 aliphatic carbocycles. The molecule has 140 valence electrons. The maximum Gasteiger partial charge on any atom is 0.238 e. The molecule has 4 nitrogen and oxygen atoms in total. The zero-order valence-electron chi connectivity index (χ0n) is 15.3. The summed E-state index contributed by atoms with van der Waals surface area (Å²) >= 11 is 1.64. The average Bonchev–Trinajstić information content (AvgIpc) is 3.11. The lowest BCUT2D eigenvalue weighted by molar-refractivity contribution is -0.120. The molecule has 2 aromatic carbocycles. The lowest BCUT2D eigenvalue weighted by atomic mass is 9.88. The zero-order valence-corrected chi connectivity index (χ0v) is 16.1. The van der Waals surface area contributed by atoms with Gasteiger partial charge in [-0.3, -0.25) is 14.5 Å². The number of hydrogen-bond acceptors (Lipinski definition) is 3. The molecule has 2 aromatic rings. The summed E-state index contributed by atoms with van der Waals surface area (Å²) in [4.78, 5) is 26.7. The van der Waals surface area contributed by atoms with E-state index in [9.17, 15) is 9.59 Å². The van der Waals surface area contributed by atoms with Crippen LogP contribution in [0.1, 0.15) is 43.0 Å². The van der Waals surface area contributed by atoms with Gasteiger partial charge in [-0.05, 0) is 42.7 Å². The molecule has 1 N–H and O–H groups in total. The van der Waals surface area contributed by atoms with Crippen LogP contribution in [-0.4, -0.2) is 17.6 Å². The Morgan fingerprint density at radius 1 is 0.963 bits per heavy atom. The number of hydrogen-bond donors (Lipinski definition) is 1. The average molecular weight is 381 g/mol. The van der Waals surface area contributed by atoms with Gasteiger partial charge >= 0.3 is 0 Å². The first-order chi connectivity index (χ1) is 13.2. The van der Waals surface area contributed by atoms with Crippen molar-refractivity contribution in [2.45, 2.75) is 37.5 Å². The minimum absolute atomic E-state index is 0.0250. The van der Waals surface area contributed by atoms with Crippen molar-refractivity contribution >= 4 is 35.0 Å². The Labute approximate surface area is 164 Å². The van der Waals surface area contributed by atoms with Gasteiger partial charge in [0.15, 0.2) is 0 Å². The van der Waals surface area contributed by atoms with Crippen molar-refractivity contribution in [3.8, 4) is 0 Å². The maximum atomic E-state index is 12.4. The van der Waals surface area contributed by atoms with Gasteiger partial charge in [-0.15, -0.1) is 11.8 Å². The first kappa shape index (κ1) is 18.1. The highest BCUT2D eigenvalue weighted by molar-refractivity contribution is 8.00. The van der Waals surface area contributed by atoms with E-state index >= 15 is 0 Å². The Morgan fingerprint density at radius 3 is 2.37 bits per heavy atom. The molecule has 2 aliphatic rings. The molecule has 27 heavy (non-hydrogen) atoms. The summed E-state index contributed by atoms with van der Waals surface area (Å²) in [5.74, 6) is 0.902. The molecule has 1 saturated carbocycles. The molecule has 5 heteroatoms. The molecule has 1 atom stereocenters. The van der Waals surface area contributed by atoms with Crippen LogP contribution in [0.25, 0.3) is 0 Å². The van der Waals surface area contributed by atoms with Crippen molar-refractivity contribution in [2.75, 3.05) is 16.0 Å². The number of carbonyl (C=O) groups is 2. The molecule has 1 aliphatic heterocycles. The van der Waals surface area contributed by atoms with Gasteiger partial charge in [0.25, 0.3) is 0 Å². The quantitative estimate of drug-likeness (QED) is 0.813. The van der Waals surface area contributed by atoms with E-state index in [1.165, 1.54) is 6.42 Å². The summed E-state index contributed by atoms with van der Waals surface area (Å²) in [6.45, 7) is 0. The van der Waals surface area contributed by atoms with Gasteiger partial charge in [-0.2, -0.15) is 0 Å². The fraction of sp³-hybridized carbons (Fsp3) is 0.364. The molecule has 4 rings (SSSR count). The largest absolute Gasteiger partial charge is 0.326 e. The van der Waals surface area contributed by atoms with Crippen LogP contribution in [0.2, 0.25) is 0 Å². The number of para-hydroxylation sites is 1. The maximum absolute atomic E-state index is 12.4. The van der Waals surface area contributed by atoms with Crippen LogP contribution in [0.5, 0.6) is 0 Å². The van der Waals surface area contributed by atoms with E-state index in [-0.39, 0.29) is 23.1 Å². The van der Waals surface area contributed by atoms with Gasteiger partial charge in [-0.1, -0.05) is 49.6 Å². The fourth-order valence-electron chi connectivity index (χ4n) is 3.88. The minimum atomic E-state index is -0.0250. The van der Waals surface area contributed by atoms with E-state index in [1.54, 1.807) is 11.8 Å². The summed E-state index contributed by atoms with van der Waals surface area (Å²) in [5.41, 5.74) is 2.83. The van der Waals surface area contributed by atoms with Gasteiger partial charge in [0, 0.05) is 17.3 Å². The van der Waals surface area contributed by atoms with Crippen LogP contribution in [0, 0.1) is 5.92 Å². The summed E-state index contributed by atoms with van der Waals surface area (Å²) in [7, 11) is 0. The Kier molecular flexibility index (Phi) is 5.48. The number of nitrogens with one attached hydrogen (secondary N) is 1. The number of carbonyl (C=O) groups excluding carboxylic acids is 2. The molecule has 0 radical (unpaired) electrons. The third-order valence-corrected chi connectivity index (χ3v) is 6.55. The molecule has 2 fully saturated rings. The number of thioether (sulfide) groups is 1. The molecule has 1 heterocycles. The summed E-state index contributed by atoms with van der Waals surface area (Å²) < 4.78 is 0. The van der Waals surface area contributed by atoms with Gasteiger partial charge in [-0.25, -0.2) is 0 Å². The highest BCUT2D eigenvalue weighted by Gasteiger charge is 2.33. The topological polar surface area (TPSA) is 49.4 Å². The third kappa shape index (κ3) is 4.03. The Bertz CT molecular complexity index is 801. The predicted molar refractivity (Wildman–Crippen MR) is 111 cm³/mol. The highest BCUT2D eigenvalue weighted by atomic mass is 32.2. The van der Waals surface area contributed by atoms with Crippen LogP contribution in [0.4, 0.5) is 11.4 Å². The Balaban J connectivity index is 1.46. The molecule has 1 unspecified atom stereocenters. The van der Waals surface area contributed by atoms with Crippen molar-refractivity contribution in [2.24, 2.45) is 5.92 Å². The SMILES string of the molecule is O=C(Nc1ccc(C2SCC(=O)N2c2ccccc2)cc1)C1CCCCC1. The minimum Gasteiger partial charge on any atom is -0.326 e. The van der Waals surface area contributed by atoms with Crippen LogP contribution < -0.4 is 10.2 Å². The standard InChI is InChI=1S/C22H24N2O2S/c25-20-15-27-22(24(20)19-9-5-2-6-10-19)17-11-13-18(14-12-17)23-21(26)16-7-3-1-4-8-16/h2,5-6,9-14,16,22H,1,3-4,7-8,15H2,(H,23,26). The second-order valence-electron chi connectivity index (χ2n) is 7.21. The van der Waals surface area contributed by atoms with E-state index in [2.05, 4.69) is 5.32 Å². The van der Waals surface area contributed by atoms with Crippen LogP contribution >= 0.6 is 11.8 Å². The Morgan fingerprint density at radius 2 is 1.67 bits per heavy atom. The van der Waals surface area contributed by atoms with Crippen LogP contribution in [0.15, 0.2) is 54.6 Å². The second kappa shape index (κ2) is 8.17. The molecule has 2 amide bonds. The Hall–Kier alpha value is -2.27. The molecule has 0 bridgehead atoms. The zero-order chi connectivity index (χ0) is 18.6. The lowest BCUT2D eigenvalue weighted by Gasteiger charge is -2.24. The van der Waals surface area contributed by atoms with Gasteiger partial charge in [0.2, 0.25) is 11.8 Å². The molecule has 0 aromatic heterocycles. The van der Waals surface area contributed by atoms with Gasteiger partial charge in [0.1, 0.15) is 5.37 Å². The lowest BCUT2D eigenvalue weighted by Crippen LogP contribution is -2.27. The number of nitrogens with zero attached hydrogens (tertiary/aromatic N) is 1. The highest BCUT2D eigenvalue weighted by Crippen LogP contribution is 2.41. The molecule has 1 saturated heterocycles. The van der Waals surface area contributed by atoms with Gasteiger partial charge in [0.05, 0.1) is 5.75 Å². The van der Waals surface area contributed by atoms with E-state index in [0.717, 1.165) is 42.6 Å². The van der Waals surface area contributed by atoms with Crippen LogP contribution in [0.3, 0.4) is 0 Å². The predicted octanol–water partition coefficient (Wildman–Crippen LogP) is 4.98. The molecule has 0 spiro atoms. The summed E-state index contributed by atoms with van der Waals surface area (Å²) in [6.07, 6.45) is 5.54. The summed E-state index contributed by atoms with van der Waals surface area (Å²) in [6, 6.07) is 17.7. The smallest absolute Gasteiger partial charge is 0.238 e. The van der Waals surface area contributed by atoms with E-state index in [0.29, 0.717) is 5.75 Å². The van der Waals surface area contributed by atoms with Crippen LogP contribution in [-0.2, 0) is 9.59 Å². The first-order valence-electron chi connectivity index (χ1n) is 9.62. The van der Waals surface area contributed by atoms with E-state index < -0.39 is 0 Å². The third-order valence-electron chi connectivity index (χ3n) is 5.34. The number of amides is 2. The first-order valence-corrected chi connectivity index (χ1v) is 10.7. The number of benzene rings is 2. The van der Waals surface area contributed by atoms with E-state index in [4.69, 9.17) is 0 Å². The van der Waals surface area contributed by atoms with Crippen molar-refractivity contribution in [1.29, 1.82) is 0 Å². The van der Waals surface area contributed by atoms with Crippen molar-refractivity contribution in [1.82, 2.24) is 0 Å². The number of rotatable bonds is 4. The van der Waals surface area contributed by atoms with Crippen molar-refractivity contribution in [3.63, 3.8) is 0 Å². The monoisotopic (exact) mass is 380 g/mol. The van der Waals surface area contributed by atoms with E-state index in [1.807, 2.05) is 59.5 Å². The van der Waals surface area contributed by atoms with Gasteiger partial charge < -0.3 is 5.32 Å². The normalized spacial score (nSPS) is 20.7. The van der Waals surface area contributed by atoms with Crippen molar-refractivity contribution < 1.29 is 9.59 Å². The fourth-order valence-corrected chi connectivity index (χ4v) is 5.06. The summed E-state index contributed by atoms with van der Waals surface area (Å²) in [5, 5.41) is 3.03. The second-order valence-corrected chi connectivity index (χ2v) is 8.28.